The first-order valence-corrected chi connectivity index (χ1v) is 8.71. The van der Waals surface area contributed by atoms with Crippen molar-refractivity contribution in [1.29, 1.82) is 5.26 Å². The first kappa shape index (κ1) is 14.0. The number of anilines is 1. The van der Waals surface area contributed by atoms with Crippen LogP contribution in [0.15, 0.2) is 40.3 Å². The summed E-state index contributed by atoms with van der Waals surface area (Å²) in [5, 5.41) is 9.70. The van der Waals surface area contributed by atoms with Gasteiger partial charge >= 0.3 is 0 Å². The minimum Gasteiger partial charge on any atom is -0.335 e. The van der Waals surface area contributed by atoms with Gasteiger partial charge in [-0.1, -0.05) is 18.2 Å². The zero-order valence-corrected chi connectivity index (χ0v) is 12.2. The second-order valence-corrected chi connectivity index (χ2v) is 7.24. The summed E-state index contributed by atoms with van der Waals surface area (Å²) in [7, 11) is -3.50. The van der Waals surface area contributed by atoms with Gasteiger partial charge in [-0.2, -0.15) is 5.26 Å². The van der Waals surface area contributed by atoms with E-state index in [2.05, 4.69) is 0 Å². The Morgan fingerprint density at radius 3 is 2.63 bits per heavy atom. The molecule has 0 atom stereocenters. The monoisotopic (exact) mass is 294 g/mol. The number of hydrogen-bond acceptors (Lipinski definition) is 5. The lowest BCUT2D eigenvalue weighted by Crippen LogP contribution is -2.28. The third-order valence-corrected chi connectivity index (χ3v) is 5.09. The van der Waals surface area contributed by atoms with Crippen LogP contribution in [0.5, 0.6) is 0 Å². The number of rotatable bonds is 2. The fourth-order valence-corrected chi connectivity index (χ4v) is 4.12. The van der Waals surface area contributed by atoms with Gasteiger partial charge in [0.05, 0.1) is 0 Å². The summed E-state index contributed by atoms with van der Waals surface area (Å²) >= 11 is 1.43. The van der Waals surface area contributed by atoms with Crippen molar-refractivity contribution in [2.24, 2.45) is 0 Å². The molecular formula is C13H14N2O2S2. The maximum absolute atomic E-state index is 11.7. The Hall–Kier alpha value is -1.45. The summed E-state index contributed by atoms with van der Waals surface area (Å²) < 4.78 is 23.4. The Bertz CT molecular complexity index is 630. The number of sulfone groups is 1. The molecule has 0 N–H and O–H groups in total. The quantitative estimate of drug-likeness (QED) is 0.784. The Morgan fingerprint density at radius 2 is 2.05 bits per heavy atom. The van der Waals surface area contributed by atoms with Crippen LogP contribution in [-0.2, 0) is 9.84 Å². The van der Waals surface area contributed by atoms with Gasteiger partial charge in [0, 0.05) is 24.2 Å². The smallest absolute Gasteiger partial charge is 0.188 e. The number of allylic oxidation sites excluding steroid dienone is 1. The van der Waals surface area contributed by atoms with Crippen LogP contribution in [0.1, 0.15) is 6.42 Å². The van der Waals surface area contributed by atoms with E-state index in [9.17, 15) is 8.42 Å². The molecule has 1 heterocycles. The summed E-state index contributed by atoms with van der Waals surface area (Å²) in [6, 6.07) is 11.4. The molecule has 0 unspecified atom stereocenters. The fraction of sp³-hybridized carbons (Fsp3) is 0.308. The average Bonchev–Trinajstić information content (AvgIpc) is 2.39. The number of thioether (sulfide) groups is 1. The third-order valence-electron chi connectivity index (χ3n) is 2.74. The van der Waals surface area contributed by atoms with Crippen LogP contribution < -0.4 is 4.90 Å². The van der Waals surface area contributed by atoms with Gasteiger partial charge in [0.2, 0.25) is 0 Å². The molecule has 2 rings (SSSR count). The van der Waals surface area contributed by atoms with Gasteiger partial charge in [0.25, 0.3) is 0 Å². The molecule has 1 aliphatic heterocycles. The SMILES string of the molecule is CS(=O)(=O)/C(C#N)=C1\SCCCN1c1ccccc1. The Morgan fingerprint density at radius 1 is 1.37 bits per heavy atom. The highest BCUT2D eigenvalue weighted by molar-refractivity contribution is 8.04. The minimum absolute atomic E-state index is 0.138. The number of nitrogens with zero attached hydrogens (tertiary/aromatic N) is 2. The highest BCUT2D eigenvalue weighted by atomic mass is 32.2. The van der Waals surface area contributed by atoms with Crippen LogP contribution in [0.3, 0.4) is 0 Å². The van der Waals surface area contributed by atoms with Crippen LogP contribution in [0, 0.1) is 11.3 Å². The maximum Gasteiger partial charge on any atom is 0.188 e. The molecule has 6 heteroatoms. The van der Waals surface area contributed by atoms with Gasteiger partial charge in [0.1, 0.15) is 11.1 Å². The van der Waals surface area contributed by atoms with E-state index in [1.54, 1.807) is 0 Å². The van der Waals surface area contributed by atoms with Crippen molar-refractivity contribution in [1.82, 2.24) is 0 Å². The normalized spacial score (nSPS) is 18.8. The van der Waals surface area contributed by atoms with Gasteiger partial charge in [0.15, 0.2) is 14.7 Å². The van der Waals surface area contributed by atoms with Crippen molar-refractivity contribution in [3.8, 4) is 6.07 Å². The van der Waals surface area contributed by atoms with Gasteiger partial charge < -0.3 is 4.90 Å². The molecule has 0 amide bonds. The van der Waals surface area contributed by atoms with E-state index < -0.39 is 9.84 Å². The second-order valence-electron chi connectivity index (χ2n) is 4.21. The molecule has 0 spiro atoms. The summed E-state index contributed by atoms with van der Waals surface area (Å²) in [6.07, 6.45) is 2.04. The number of benzene rings is 1. The number of nitriles is 1. The van der Waals surface area contributed by atoms with Crippen LogP contribution in [0.2, 0.25) is 0 Å². The zero-order chi connectivity index (χ0) is 13.9. The van der Waals surface area contributed by atoms with Gasteiger partial charge in [-0.25, -0.2) is 8.42 Å². The molecule has 0 radical (unpaired) electrons. The van der Waals surface area contributed by atoms with Crippen molar-refractivity contribution in [2.45, 2.75) is 6.42 Å². The lowest BCUT2D eigenvalue weighted by Gasteiger charge is -2.31. The maximum atomic E-state index is 11.7. The van der Waals surface area contributed by atoms with Gasteiger partial charge in [-0.05, 0) is 18.6 Å². The molecule has 1 aliphatic rings. The van der Waals surface area contributed by atoms with Crippen LogP contribution in [0.4, 0.5) is 5.69 Å². The van der Waals surface area contributed by atoms with Gasteiger partial charge in [-0.15, -0.1) is 11.8 Å². The van der Waals surface area contributed by atoms with Gasteiger partial charge in [-0.3, -0.25) is 0 Å². The lowest BCUT2D eigenvalue weighted by atomic mass is 10.3. The molecule has 4 nitrogen and oxygen atoms in total. The highest BCUT2D eigenvalue weighted by Crippen LogP contribution is 2.35. The first-order chi connectivity index (χ1) is 9.04. The molecule has 1 fully saturated rings. The van der Waals surface area contributed by atoms with Crippen molar-refractivity contribution in [3.05, 3.63) is 40.3 Å². The predicted molar refractivity (Wildman–Crippen MR) is 78.3 cm³/mol. The third kappa shape index (κ3) is 3.11. The summed E-state index contributed by atoms with van der Waals surface area (Å²) in [6.45, 7) is 0.729. The lowest BCUT2D eigenvalue weighted by molar-refractivity contribution is 0.608. The molecule has 19 heavy (non-hydrogen) atoms. The topological polar surface area (TPSA) is 61.2 Å². The Labute approximate surface area is 117 Å². The second kappa shape index (κ2) is 5.68. The summed E-state index contributed by atoms with van der Waals surface area (Å²) in [5.41, 5.74) is 0.918. The zero-order valence-electron chi connectivity index (χ0n) is 10.5. The van der Waals surface area contributed by atoms with E-state index in [1.165, 1.54) is 11.8 Å². The molecule has 0 aromatic heterocycles. The van der Waals surface area contributed by atoms with E-state index in [-0.39, 0.29) is 4.91 Å². The molecule has 1 saturated heterocycles. The fourth-order valence-electron chi connectivity index (χ4n) is 1.90. The van der Waals surface area contributed by atoms with Crippen LogP contribution in [-0.4, -0.2) is 27.0 Å². The Kier molecular flexibility index (Phi) is 4.17. The molecule has 1 aromatic rings. The van der Waals surface area contributed by atoms with Crippen molar-refractivity contribution >= 4 is 27.3 Å². The van der Waals surface area contributed by atoms with Crippen LogP contribution >= 0.6 is 11.8 Å². The molecular weight excluding hydrogens is 280 g/mol. The molecule has 0 bridgehead atoms. The highest BCUT2D eigenvalue weighted by Gasteiger charge is 2.26. The largest absolute Gasteiger partial charge is 0.335 e. The molecule has 0 saturated carbocycles. The summed E-state index contributed by atoms with van der Waals surface area (Å²) in [4.78, 5) is 1.77. The Balaban J connectivity index is 2.54. The van der Waals surface area contributed by atoms with Crippen molar-refractivity contribution in [3.63, 3.8) is 0 Å². The van der Waals surface area contributed by atoms with Crippen molar-refractivity contribution in [2.75, 3.05) is 23.5 Å². The van der Waals surface area contributed by atoms with E-state index in [4.69, 9.17) is 5.26 Å². The van der Waals surface area contributed by atoms with E-state index in [1.807, 2.05) is 41.3 Å². The minimum atomic E-state index is -3.50. The van der Waals surface area contributed by atoms with E-state index >= 15 is 0 Å². The molecule has 0 aliphatic carbocycles. The predicted octanol–water partition coefficient (Wildman–Crippen LogP) is 2.37. The van der Waals surface area contributed by atoms with E-state index in [0.717, 1.165) is 30.7 Å². The average molecular weight is 294 g/mol. The number of para-hydroxylation sites is 1. The molecule has 100 valence electrons. The van der Waals surface area contributed by atoms with E-state index in [0.29, 0.717) is 5.03 Å². The first-order valence-electron chi connectivity index (χ1n) is 5.84. The standard InChI is InChI=1S/C13H14N2O2S2/c1-19(16,17)12(10-14)13-15(8-5-9-18-13)11-6-3-2-4-7-11/h2-4,6-7H,5,8-9H2,1H3/b13-12-. The van der Waals surface area contributed by atoms with Crippen LogP contribution in [0.25, 0.3) is 0 Å². The summed E-state index contributed by atoms with van der Waals surface area (Å²) in [5.74, 6) is 0.833. The molecule has 1 aromatic carbocycles. The number of hydrogen-bond donors (Lipinski definition) is 0. The van der Waals surface area contributed by atoms with Crippen molar-refractivity contribution < 1.29 is 8.42 Å².